The highest BCUT2D eigenvalue weighted by Gasteiger charge is 2.41. The Balaban J connectivity index is 1.55. The lowest BCUT2D eigenvalue weighted by Crippen LogP contribution is -2.25. The van der Waals surface area contributed by atoms with Crippen molar-refractivity contribution in [3.63, 3.8) is 0 Å². The smallest absolute Gasteiger partial charge is 0.432 e. The van der Waals surface area contributed by atoms with Gasteiger partial charge in [-0.05, 0) is 42.3 Å². The van der Waals surface area contributed by atoms with E-state index in [1.165, 1.54) is 18.2 Å². The van der Waals surface area contributed by atoms with E-state index in [1.54, 1.807) is 6.08 Å². The Bertz CT molecular complexity index is 1580. The molecule has 212 valence electrons. The average molecular weight is 580 g/mol. The van der Waals surface area contributed by atoms with Gasteiger partial charge in [0.05, 0.1) is 5.92 Å². The fraction of sp³-hybridized carbons (Fsp3) is 0.133. The molecule has 3 aromatic carbocycles. The third-order valence-electron chi connectivity index (χ3n) is 5.74. The van der Waals surface area contributed by atoms with Gasteiger partial charge in [0.15, 0.2) is 17.5 Å². The second-order valence-electron chi connectivity index (χ2n) is 8.62. The Morgan fingerprint density at radius 2 is 1.54 bits per heavy atom. The summed E-state index contributed by atoms with van der Waals surface area (Å²) >= 11 is 0. The summed E-state index contributed by atoms with van der Waals surface area (Å²) in [5.41, 5.74) is -2.66. The van der Waals surface area contributed by atoms with Crippen molar-refractivity contribution in [3.8, 4) is 28.7 Å². The summed E-state index contributed by atoms with van der Waals surface area (Å²) in [4.78, 5) is 0. The Hall–Kier alpha value is -4.59. The van der Waals surface area contributed by atoms with Crippen LogP contribution in [0.25, 0.3) is 11.1 Å². The van der Waals surface area contributed by atoms with Crippen molar-refractivity contribution in [1.29, 1.82) is 0 Å². The minimum absolute atomic E-state index is 0.0714. The fourth-order valence-electron chi connectivity index (χ4n) is 3.82. The maximum Gasteiger partial charge on any atom is 0.432 e. The van der Waals surface area contributed by atoms with Crippen LogP contribution in [0.1, 0.15) is 17.5 Å². The van der Waals surface area contributed by atoms with E-state index in [4.69, 9.17) is 4.74 Å². The molecular weight excluding hydrogens is 563 g/mol. The highest BCUT2D eigenvalue weighted by molar-refractivity contribution is 5.66. The maximum absolute atomic E-state index is 14.8. The molecule has 0 aliphatic heterocycles. The topological polar surface area (TPSA) is 18.5 Å². The molecule has 4 rings (SSSR count). The van der Waals surface area contributed by atoms with Gasteiger partial charge in [-0.25, -0.2) is 30.7 Å². The van der Waals surface area contributed by atoms with Crippen molar-refractivity contribution >= 4 is 0 Å². The van der Waals surface area contributed by atoms with Crippen LogP contribution in [0.3, 0.4) is 0 Å². The Morgan fingerprint density at radius 1 is 0.878 bits per heavy atom. The average Bonchev–Trinajstić information content (AvgIpc) is 2.89. The number of rotatable bonds is 7. The van der Waals surface area contributed by atoms with E-state index in [2.05, 4.69) is 23.2 Å². The van der Waals surface area contributed by atoms with Gasteiger partial charge < -0.3 is 9.47 Å². The molecule has 0 N–H and O–H groups in total. The first-order valence-corrected chi connectivity index (χ1v) is 11.7. The molecule has 1 atom stereocenters. The van der Waals surface area contributed by atoms with Gasteiger partial charge in [0, 0.05) is 29.3 Å². The zero-order chi connectivity index (χ0) is 29.9. The van der Waals surface area contributed by atoms with Gasteiger partial charge in [-0.1, -0.05) is 30.6 Å². The predicted octanol–water partition coefficient (Wildman–Crippen LogP) is 8.63. The second-order valence-corrected chi connectivity index (χ2v) is 8.62. The maximum atomic E-state index is 14.8. The molecule has 0 bridgehead atoms. The molecule has 0 aromatic heterocycles. The monoisotopic (exact) mass is 580 g/mol. The number of ether oxygens (including phenoxy) is 2. The van der Waals surface area contributed by atoms with Crippen LogP contribution >= 0.6 is 0 Å². The molecule has 11 heteroatoms. The molecule has 0 spiro atoms. The highest BCUT2D eigenvalue weighted by Crippen LogP contribution is 2.38. The Kier molecular flexibility index (Phi) is 8.52. The third kappa shape index (κ3) is 6.60. The van der Waals surface area contributed by atoms with Crippen LogP contribution in [0.2, 0.25) is 0 Å². The van der Waals surface area contributed by atoms with Crippen molar-refractivity contribution in [2.24, 2.45) is 5.92 Å². The third-order valence-corrected chi connectivity index (χ3v) is 5.74. The van der Waals surface area contributed by atoms with E-state index < -0.39 is 69.6 Å². The van der Waals surface area contributed by atoms with E-state index in [-0.39, 0.29) is 36.3 Å². The van der Waals surface area contributed by atoms with Gasteiger partial charge >= 0.3 is 6.11 Å². The zero-order valence-corrected chi connectivity index (χ0v) is 20.7. The standard InChI is InChI=1S/C30H17F9O2/c1-2-9-40-19-7-6-17(22(31)13-19)5-3-16-4-8-21(23(32)10-16)18-11-24(33)28(25(34)12-18)30(38,39)41-20-14-26(35)29(37)27(36)15-20/h2,4,7-8,10-15,17H,1,6,9H2. The van der Waals surface area contributed by atoms with Crippen molar-refractivity contribution in [1.82, 2.24) is 0 Å². The SMILES string of the molecule is C=CCOC1=CCC(C#Cc2ccc(-c3cc(F)c(C(F)(F)Oc4cc(F)c(F)c(F)c4)c(F)c3)c(F)c2)C(F)=C1. The summed E-state index contributed by atoms with van der Waals surface area (Å²) in [6.45, 7) is 3.69. The van der Waals surface area contributed by atoms with E-state index in [0.29, 0.717) is 17.9 Å². The number of hydrogen-bond acceptors (Lipinski definition) is 2. The van der Waals surface area contributed by atoms with Gasteiger partial charge in [-0.15, -0.1) is 0 Å². The number of hydrogen-bond donors (Lipinski definition) is 0. The quantitative estimate of drug-likeness (QED) is 0.121. The number of halogens is 9. The van der Waals surface area contributed by atoms with Gasteiger partial charge in [0.1, 0.15) is 47.0 Å². The lowest BCUT2D eigenvalue weighted by Gasteiger charge is -2.20. The largest absolute Gasteiger partial charge is 0.490 e. The van der Waals surface area contributed by atoms with Gasteiger partial charge in [-0.2, -0.15) is 8.78 Å². The van der Waals surface area contributed by atoms with Crippen LogP contribution in [-0.2, 0) is 10.8 Å². The lowest BCUT2D eigenvalue weighted by atomic mass is 9.98. The molecule has 3 aromatic rings. The predicted molar refractivity (Wildman–Crippen MR) is 131 cm³/mol. The van der Waals surface area contributed by atoms with Crippen molar-refractivity contribution < 1.29 is 49.0 Å². The van der Waals surface area contributed by atoms with Gasteiger partial charge in [0.2, 0.25) is 0 Å². The fourth-order valence-corrected chi connectivity index (χ4v) is 3.82. The van der Waals surface area contributed by atoms with Crippen LogP contribution < -0.4 is 4.74 Å². The first-order valence-electron chi connectivity index (χ1n) is 11.7. The number of alkyl halides is 2. The number of benzene rings is 3. The molecule has 1 aliphatic rings. The second kappa shape index (κ2) is 11.9. The molecule has 2 nitrogen and oxygen atoms in total. The molecule has 0 radical (unpaired) electrons. The first kappa shape index (κ1) is 29.4. The summed E-state index contributed by atoms with van der Waals surface area (Å²) in [7, 11) is 0. The van der Waals surface area contributed by atoms with Crippen LogP contribution in [0.5, 0.6) is 5.75 Å². The van der Waals surface area contributed by atoms with E-state index in [9.17, 15) is 39.5 Å². The van der Waals surface area contributed by atoms with Crippen LogP contribution in [-0.4, -0.2) is 6.61 Å². The molecule has 1 aliphatic carbocycles. The number of allylic oxidation sites excluding steroid dienone is 3. The van der Waals surface area contributed by atoms with Crippen LogP contribution in [0.4, 0.5) is 39.5 Å². The minimum atomic E-state index is -4.79. The van der Waals surface area contributed by atoms with Crippen molar-refractivity contribution in [2.45, 2.75) is 12.5 Å². The van der Waals surface area contributed by atoms with E-state index in [1.807, 2.05) is 0 Å². The Morgan fingerprint density at radius 3 is 2.12 bits per heavy atom. The Labute approximate surface area is 228 Å². The summed E-state index contributed by atoms with van der Waals surface area (Å²) in [5, 5.41) is 0. The molecule has 0 saturated heterocycles. The molecule has 0 fully saturated rings. The van der Waals surface area contributed by atoms with Crippen LogP contribution in [0, 0.1) is 52.7 Å². The molecule has 0 heterocycles. The van der Waals surface area contributed by atoms with E-state index >= 15 is 0 Å². The molecule has 0 saturated carbocycles. The first-order chi connectivity index (χ1) is 19.4. The van der Waals surface area contributed by atoms with Crippen molar-refractivity contribution in [2.75, 3.05) is 6.61 Å². The van der Waals surface area contributed by atoms with Gasteiger partial charge in [0.25, 0.3) is 0 Å². The van der Waals surface area contributed by atoms with Crippen molar-refractivity contribution in [3.05, 3.63) is 125 Å². The lowest BCUT2D eigenvalue weighted by molar-refractivity contribution is -0.189. The summed E-state index contributed by atoms with van der Waals surface area (Å²) in [6.07, 6.45) is -0.286. The normalized spacial score (nSPS) is 14.9. The summed E-state index contributed by atoms with van der Waals surface area (Å²) in [5.74, 6) is -7.43. The molecule has 1 unspecified atom stereocenters. The molecule has 41 heavy (non-hydrogen) atoms. The van der Waals surface area contributed by atoms with E-state index in [0.717, 1.165) is 12.1 Å². The highest BCUT2D eigenvalue weighted by atomic mass is 19.3. The molecular formula is C30H17F9O2. The minimum Gasteiger partial charge on any atom is -0.490 e. The van der Waals surface area contributed by atoms with Gasteiger partial charge in [-0.3, -0.25) is 0 Å². The summed E-state index contributed by atoms with van der Waals surface area (Å²) < 4.78 is 137. The van der Waals surface area contributed by atoms with Crippen LogP contribution in [0.15, 0.2) is 78.9 Å². The summed E-state index contributed by atoms with van der Waals surface area (Å²) in [6, 6.07) is 4.26. The molecule has 0 amide bonds. The zero-order valence-electron chi connectivity index (χ0n) is 20.7.